The SMILES string of the molecule is COC[C@@H](C)NC(=O)c1cc(C(=O)OC)cc([N+](=O)[O-])c1. The van der Waals surface area contributed by atoms with Gasteiger partial charge in [-0.3, -0.25) is 14.9 Å². The van der Waals surface area contributed by atoms with Gasteiger partial charge in [0.05, 0.1) is 24.2 Å². The van der Waals surface area contributed by atoms with Gasteiger partial charge in [0.1, 0.15) is 0 Å². The predicted octanol–water partition coefficient (Wildman–Crippen LogP) is 1.15. The molecule has 0 unspecified atom stereocenters. The summed E-state index contributed by atoms with van der Waals surface area (Å²) in [7, 11) is 2.65. The van der Waals surface area contributed by atoms with Gasteiger partial charge >= 0.3 is 5.97 Å². The predicted molar refractivity (Wildman–Crippen MR) is 73.2 cm³/mol. The van der Waals surface area contributed by atoms with Crippen LogP contribution in [0.4, 0.5) is 5.69 Å². The largest absolute Gasteiger partial charge is 0.465 e. The minimum absolute atomic E-state index is 0.00699. The third kappa shape index (κ3) is 4.53. The lowest BCUT2D eigenvalue weighted by molar-refractivity contribution is -0.384. The van der Waals surface area contributed by atoms with Crippen LogP contribution in [0.25, 0.3) is 0 Å². The number of hydrogen-bond donors (Lipinski definition) is 1. The summed E-state index contributed by atoms with van der Waals surface area (Å²) in [6, 6.07) is 3.12. The van der Waals surface area contributed by atoms with Crippen molar-refractivity contribution in [1.82, 2.24) is 5.32 Å². The van der Waals surface area contributed by atoms with Gasteiger partial charge in [-0.15, -0.1) is 0 Å². The van der Waals surface area contributed by atoms with E-state index in [1.54, 1.807) is 6.92 Å². The van der Waals surface area contributed by atoms with Crippen LogP contribution < -0.4 is 5.32 Å². The monoisotopic (exact) mass is 296 g/mol. The Morgan fingerprint density at radius 3 is 2.43 bits per heavy atom. The zero-order valence-corrected chi connectivity index (χ0v) is 11.9. The van der Waals surface area contributed by atoms with Crippen molar-refractivity contribution >= 4 is 17.6 Å². The van der Waals surface area contributed by atoms with Crippen LogP contribution in [0.15, 0.2) is 18.2 Å². The van der Waals surface area contributed by atoms with Gasteiger partial charge in [0.15, 0.2) is 0 Å². The normalized spacial score (nSPS) is 11.6. The van der Waals surface area contributed by atoms with Gasteiger partial charge in [-0.05, 0) is 13.0 Å². The molecule has 0 aliphatic rings. The van der Waals surface area contributed by atoms with E-state index in [1.165, 1.54) is 13.2 Å². The number of carbonyl (C=O) groups is 2. The molecule has 0 aromatic heterocycles. The number of benzene rings is 1. The van der Waals surface area contributed by atoms with E-state index in [-0.39, 0.29) is 22.9 Å². The first-order valence-electron chi connectivity index (χ1n) is 6.06. The Bertz CT molecular complexity index is 558. The molecular formula is C13H16N2O6. The number of rotatable bonds is 6. The second-order valence-corrected chi connectivity index (χ2v) is 4.35. The van der Waals surface area contributed by atoms with E-state index in [0.717, 1.165) is 19.2 Å². The van der Waals surface area contributed by atoms with E-state index in [0.29, 0.717) is 6.61 Å². The van der Waals surface area contributed by atoms with Crippen LogP contribution in [-0.2, 0) is 9.47 Å². The van der Waals surface area contributed by atoms with Crippen molar-refractivity contribution in [2.24, 2.45) is 0 Å². The van der Waals surface area contributed by atoms with Crippen LogP contribution in [0.5, 0.6) is 0 Å². The first-order valence-corrected chi connectivity index (χ1v) is 6.06. The average Bonchev–Trinajstić information content (AvgIpc) is 2.45. The number of carbonyl (C=O) groups excluding carboxylic acids is 2. The molecule has 0 heterocycles. The first-order chi connectivity index (χ1) is 9.88. The van der Waals surface area contributed by atoms with Gasteiger partial charge < -0.3 is 14.8 Å². The second kappa shape index (κ2) is 7.34. The van der Waals surface area contributed by atoms with Gasteiger partial charge in [-0.25, -0.2) is 4.79 Å². The lowest BCUT2D eigenvalue weighted by Gasteiger charge is -2.13. The van der Waals surface area contributed by atoms with Crippen LogP contribution in [0.2, 0.25) is 0 Å². The van der Waals surface area contributed by atoms with Crippen LogP contribution in [-0.4, -0.2) is 43.7 Å². The van der Waals surface area contributed by atoms with Gasteiger partial charge in [0.25, 0.3) is 11.6 Å². The summed E-state index contributed by atoms with van der Waals surface area (Å²) in [5.74, 6) is -1.29. The molecule has 0 aliphatic carbocycles. The lowest BCUT2D eigenvalue weighted by atomic mass is 10.1. The van der Waals surface area contributed by atoms with E-state index in [2.05, 4.69) is 10.1 Å². The van der Waals surface area contributed by atoms with Crippen molar-refractivity contribution in [1.29, 1.82) is 0 Å². The first kappa shape index (κ1) is 16.6. The number of methoxy groups -OCH3 is 2. The molecule has 8 heteroatoms. The highest BCUT2D eigenvalue weighted by atomic mass is 16.6. The molecule has 1 aromatic carbocycles. The molecule has 8 nitrogen and oxygen atoms in total. The number of hydrogen-bond acceptors (Lipinski definition) is 6. The molecule has 114 valence electrons. The third-order valence-corrected chi connectivity index (χ3v) is 2.61. The Morgan fingerprint density at radius 1 is 1.29 bits per heavy atom. The van der Waals surface area contributed by atoms with Gasteiger partial charge in [-0.2, -0.15) is 0 Å². The molecule has 0 fully saturated rings. The van der Waals surface area contributed by atoms with Crippen molar-refractivity contribution < 1.29 is 24.0 Å². The van der Waals surface area contributed by atoms with Crippen molar-refractivity contribution in [3.63, 3.8) is 0 Å². The fraction of sp³-hybridized carbons (Fsp3) is 0.385. The van der Waals surface area contributed by atoms with Crippen LogP contribution in [0, 0.1) is 10.1 Å². The molecule has 0 radical (unpaired) electrons. The van der Waals surface area contributed by atoms with Crippen LogP contribution in [0.1, 0.15) is 27.6 Å². The fourth-order valence-corrected chi connectivity index (χ4v) is 1.68. The maximum atomic E-state index is 12.0. The molecule has 1 atom stereocenters. The van der Waals surface area contributed by atoms with Crippen molar-refractivity contribution in [2.75, 3.05) is 20.8 Å². The maximum absolute atomic E-state index is 12.0. The van der Waals surface area contributed by atoms with Crippen LogP contribution in [0.3, 0.4) is 0 Å². The number of nitrogens with one attached hydrogen (secondary N) is 1. The fourth-order valence-electron chi connectivity index (χ4n) is 1.68. The molecule has 0 spiro atoms. The van der Waals surface area contributed by atoms with E-state index in [4.69, 9.17) is 4.74 Å². The van der Waals surface area contributed by atoms with Crippen molar-refractivity contribution in [3.8, 4) is 0 Å². The van der Waals surface area contributed by atoms with E-state index in [9.17, 15) is 19.7 Å². The molecule has 21 heavy (non-hydrogen) atoms. The molecule has 0 saturated carbocycles. The van der Waals surface area contributed by atoms with Crippen LogP contribution >= 0.6 is 0 Å². The Labute approximate surface area is 121 Å². The Kier molecular flexibility index (Phi) is 5.79. The Balaban J connectivity index is 3.10. The summed E-state index contributed by atoms with van der Waals surface area (Å²) in [6.45, 7) is 2.02. The zero-order valence-electron chi connectivity index (χ0n) is 11.9. The van der Waals surface area contributed by atoms with Gasteiger partial charge in [0, 0.05) is 30.8 Å². The molecule has 0 aliphatic heterocycles. The molecule has 1 rings (SSSR count). The molecule has 1 N–H and O–H groups in total. The number of non-ortho nitro benzene ring substituents is 1. The van der Waals surface area contributed by atoms with Gasteiger partial charge in [0.2, 0.25) is 0 Å². The van der Waals surface area contributed by atoms with E-state index < -0.39 is 16.8 Å². The highest BCUT2D eigenvalue weighted by Crippen LogP contribution is 2.18. The molecule has 1 aromatic rings. The molecular weight excluding hydrogens is 280 g/mol. The highest BCUT2D eigenvalue weighted by molar-refractivity contribution is 5.99. The van der Waals surface area contributed by atoms with Crippen molar-refractivity contribution in [3.05, 3.63) is 39.4 Å². The lowest BCUT2D eigenvalue weighted by Crippen LogP contribution is -2.35. The number of nitrogens with zero attached hydrogens (tertiary/aromatic N) is 1. The summed E-state index contributed by atoms with van der Waals surface area (Å²) in [4.78, 5) is 33.7. The van der Waals surface area contributed by atoms with E-state index >= 15 is 0 Å². The quantitative estimate of drug-likeness (QED) is 0.479. The summed E-state index contributed by atoms with van der Waals surface area (Å²) in [5, 5.41) is 13.5. The topological polar surface area (TPSA) is 108 Å². The Morgan fingerprint density at radius 2 is 1.90 bits per heavy atom. The summed E-state index contributed by atoms with van der Waals surface area (Å²) in [6.07, 6.45) is 0. The molecule has 0 bridgehead atoms. The van der Waals surface area contributed by atoms with E-state index in [1.807, 2.05) is 0 Å². The number of nitro groups is 1. The average molecular weight is 296 g/mol. The number of amides is 1. The minimum Gasteiger partial charge on any atom is -0.465 e. The number of nitro benzene ring substituents is 1. The van der Waals surface area contributed by atoms with Crippen molar-refractivity contribution in [2.45, 2.75) is 13.0 Å². The van der Waals surface area contributed by atoms with Gasteiger partial charge in [-0.1, -0.05) is 0 Å². The maximum Gasteiger partial charge on any atom is 0.338 e. The molecule has 0 saturated heterocycles. The Hall–Kier alpha value is -2.48. The molecule has 1 amide bonds. The number of esters is 1. The zero-order chi connectivity index (χ0) is 16.0. The number of ether oxygens (including phenoxy) is 2. The second-order valence-electron chi connectivity index (χ2n) is 4.35. The minimum atomic E-state index is -0.752. The standard InChI is InChI=1S/C13H16N2O6/c1-8(7-20-2)14-12(16)9-4-10(13(17)21-3)6-11(5-9)15(18)19/h4-6,8H,7H2,1-3H3,(H,14,16)/t8-/m1/s1. The highest BCUT2D eigenvalue weighted by Gasteiger charge is 2.19. The summed E-state index contributed by atoms with van der Waals surface area (Å²) in [5.41, 5.74) is -0.411. The summed E-state index contributed by atoms with van der Waals surface area (Å²) >= 11 is 0. The summed E-state index contributed by atoms with van der Waals surface area (Å²) < 4.78 is 9.40. The smallest absolute Gasteiger partial charge is 0.338 e. The third-order valence-electron chi connectivity index (χ3n) is 2.61.